The van der Waals surface area contributed by atoms with Crippen molar-refractivity contribution in [3.8, 4) is 5.69 Å². The fraction of sp³-hybridized carbons (Fsp3) is 0.316. The molecule has 0 bridgehead atoms. The molecule has 1 unspecified atom stereocenters. The van der Waals surface area contributed by atoms with Crippen molar-refractivity contribution in [1.82, 2.24) is 24.9 Å². The van der Waals surface area contributed by atoms with Gasteiger partial charge in [-0.25, -0.2) is 9.07 Å². The van der Waals surface area contributed by atoms with Crippen molar-refractivity contribution >= 4 is 21.8 Å². The number of hydrogen-bond donors (Lipinski definition) is 1. The van der Waals surface area contributed by atoms with Crippen LogP contribution in [0.2, 0.25) is 0 Å². The molecule has 0 radical (unpaired) electrons. The lowest BCUT2D eigenvalue weighted by Gasteiger charge is -2.13. The van der Waals surface area contributed by atoms with Gasteiger partial charge in [-0.3, -0.25) is 9.48 Å². The molecule has 27 heavy (non-hydrogen) atoms. The fourth-order valence-corrected chi connectivity index (χ4v) is 3.26. The Morgan fingerprint density at radius 3 is 2.59 bits per heavy atom. The highest BCUT2D eigenvalue weighted by molar-refractivity contribution is 9.10. The maximum Gasteiger partial charge on any atom is 0.272 e. The Kier molecular flexibility index (Phi) is 5.74. The molecule has 0 spiro atoms. The molecule has 0 aliphatic heterocycles. The number of carbonyl (C=O) groups is 1. The van der Waals surface area contributed by atoms with Gasteiger partial charge in [0.2, 0.25) is 0 Å². The van der Waals surface area contributed by atoms with Crippen LogP contribution in [0.1, 0.15) is 28.8 Å². The second-order valence-corrected chi connectivity index (χ2v) is 7.53. The van der Waals surface area contributed by atoms with E-state index in [0.29, 0.717) is 16.7 Å². The first-order chi connectivity index (χ1) is 12.8. The summed E-state index contributed by atoms with van der Waals surface area (Å²) >= 11 is 3.37. The summed E-state index contributed by atoms with van der Waals surface area (Å²) in [6.07, 6.45) is 1.68. The van der Waals surface area contributed by atoms with Crippen molar-refractivity contribution in [1.29, 1.82) is 0 Å². The third-order valence-corrected chi connectivity index (χ3v) is 4.76. The molecule has 0 saturated heterocycles. The van der Waals surface area contributed by atoms with Crippen molar-refractivity contribution in [2.24, 2.45) is 5.92 Å². The van der Waals surface area contributed by atoms with Crippen molar-refractivity contribution in [2.45, 2.75) is 27.3 Å². The molecule has 6 nitrogen and oxygen atoms in total. The minimum atomic E-state index is -0.320. The molecule has 1 N–H and O–H groups in total. The van der Waals surface area contributed by atoms with E-state index in [2.05, 4.69) is 38.4 Å². The Bertz CT molecular complexity index is 948. The van der Waals surface area contributed by atoms with Gasteiger partial charge in [0, 0.05) is 25.0 Å². The molecule has 0 aliphatic rings. The van der Waals surface area contributed by atoms with Crippen LogP contribution in [0.25, 0.3) is 5.69 Å². The monoisotopic (exact) mass is 433 g/mol. The Morgan fingerprint density at radius 1 is 1.26 bits per heavy atom. The standard InChI is InChI=1S/C19H21BrFN5O/c1-12(10-25-14(3)8-13(2)23-25)9-22-19(27)18-17(20)11-26(24-18)16-6-4-15(21)5-7-16/h4-8,11-12H,9-10H2,1-3H3,(H,22,27). The zero-order valence-corrected chi connectivity index (χ0v) is 17.0. The smallest absolute Gasteiger partial charge is 0.272 e. The van der Waals surface area contributed by atoms with Crippen LogP contribution in [0.5, 0.6) is 0 Å². The maximum absolute atomic E-state index is 13.1. The fourth-order valence-electron chi connectivity index (χ4n) is 2.80. The summed E-state index contributed by atoms with van der Waals surface area (Å²) < 4.78 is 17.1. The summed E-state index contributed by atoms with van der Waals surface area (Å²) in [6, 6.07) is 7.95. The van der Waals surface area contributed by atoms with Crippen LogP contribution in [0, 0.1) is 25.6 Å². The minimum Gasteiger partial charge on any atom is -0.350 e. The Balaban J connectivity index is 1.62. The van der Waals surface area contributed by atoms with E-state index in [1.165, 1.54) is 16.8 Å². The van der Waals surface area contributed by atoms with Crippen LogP contribution < -0.4 is 5.32 Å². The molecule has 1 atom stereocenters. The quantitative estimate of drug-likeness (QED) is 0.644. The highest BCUT2D eigenvalue weighted by atomic mass is 79.9. The zero-order chi connectivity index (χ0) is 19.6. The summed E-state index contributed by atoms with van der Waals surface area (Å²) in [5.41, 5.74) is 3.05. The SMILES string of the molecule is Cc1cc(C)n(CC(C)CNC(=O)c2nn(-c3ccc(F)cc3)cc2Br)n1. The summed E-state index contributed by atoms with van der Waals surface area (Å²) in [4.78, 5) is 12.5. The minimum absolute atomic E-state index is 0.213. The number of hydrogen-bond acceptors (Lipinski definition) is 3. The van der Waals surface area contributed by atoms with Crippen molar-refractivity contribution in [2.75, 3.05) is 6.54 Å². The van der Waals surface area contributed by atoms with Crippen LogP contribution in [-0.4, -0.2) is 32.0 Å². The van der Waals surface area contributed by atoms with Gasteiger partial charge >= 0.3 is 0 Å². The van der Waals surface area contributed by atoms with E-state index < -0.39 is 0 Å². The molecule has 0 fully saturated rings. The Labute approximate surface area is 165 Å². The lowest BCUT2D eigenvalue weighted by molar-refractivity contribution is 0.0940. The molecule has 0 aliphatic carbocycles. The van der Waals surface area contributed by atoms with Crippen LogP contribution in [0.3, 0.4) is 0 Å². The van der Waals surface area contributed by atoms with E-state index in [4.69, 9.17) is 0 Å². The third kappa shape index (κ3) is 4.63. The Hall–Kier alpha value is -2.48. The molecule has 3 aromatic rings. The average Bonchev–Trinajstić information content (AvgIpc) is 3.15. The van der Waals surface area contributed by atoms with Crippen LogP contribution in [-0.2, 0) is 6.54 Å². The van der Waals surface area contributed by atoms with E-state index in [1.54, 1.807) is 18.3 Å². The summed E-state index contributed by atoms with van der Waals surface area (Å²) in [7, 11) is 0. The molecule has 142 valence electrons. The first-order valence-electron chi connectivity index (χ1n) is 8.64. The molecule has 2 heterocycles. The predicted octanol–water partition coefficient (Wildman–Crippen LogP) is 3.65. The summed E-state index contributed by atoms with van der Waals surface area (Å²) in [6.45, 7) is 7.27. The number of aromatic nitrogens is 4. The number of nitrogens with zero attached hydrogens (tertiary/aromatic N) is 4. The van der Waals surface area contributed by atoms with Gasteiger partial charge in [-0.15, -0.1) is 0 Å². The number of rotatable bonds is 6. The van der Waals surface area contributed by atoms with Crippen LogP contribution >= 0.6 is 15.9 Å². The van der Waals surface area contributed by atoms with Crippen LogP contribution in [0.4, 0.5) is 4.39 Å². The third-order valence-electron chi connectivity index (χ3n) is 4.17. The first-order valence-corrected chi connectivity index (χ1v) is 9.43. The van der Waals surface area contributed by atoms with Gasteiger partial charge in [0.15, 0.2) is 5.69 Å². The lowest BCUT2D eigenvalue weighted by Crippen LogP contribution is -2.31. The van der Waals surface area contributed by atoms with Gasteiger partial charge in [0.1, 0.15) is 5.82 Å². The number of amides is 1. The van der Waals surface area contributed by atoms with E-state index in [-0.39, 0.29) is 23.3 Å². The van der Waals surface area contributed by atoms with E-state index in [0.717, 1.165) is 17.9 Å². The topological polar surface area (TPSA) is 64.7 Å². The first kappa shape index (κ1) is 19.3. The summed E-state index contributed by atoms with van der Waals surface area (Å²) in [5.74, 6) is -0.368. The molecule has 2 aromatic heterocycles. The van der Waals surface area contributed by atoms with Gasteiger partial charge in [0.25, 0.3) is 5.91 Å². The van der Waals surface area contributed by atoms with Crippen molar-refractivity contribution < 1.29 is 9.18 Å². The van der Waals surface area contributed by atoms with Crippen LogP contribution in [0.15, 0.2) is 41.0 Å². The van der Waals surface area contributed by atoms with Gasteiger partial charge in [-0.05, 0) is 66.0 Å². The van der Waals surface area contributed by atoms with Gasteiger partial charge in [-0.1, -0.05) is 6.92 Å². The van der Waals surface area contributed by atoms with E-state index >= 15 is 0 Å². The van der Waals surface area contributed by atoms with E-state index in [1.807, 2.05) is 24.6 Å². The van der Waals surface area contributed by atoms with Gasteiger partial charge in [0.05, 0.1) is 15.9 Å². The molecule has 1 aromatic carbocycles. The zero-order valence-electron chi connectivity index (χ0n) is 15.4. The Morgan fingerprint density at radius 2 is 1.96 bits per heavy atom. The molecule has 1 amide bonds. The predicted molar refractivity (Wildman–Crippen MR) is 104 cm³/mol. The normalized spacial score (nSPS) is 12.2. The number of aryl methyl sites for hydroxylation is 2. The average molecular weight is 434 g/mol. The number of carbonyl (C=O) groups excluding carboxylic acids is 1. The summed E-state index contributed by atoms with van der Waals surface area (Å²) in [5, 5.41) is 11.7. The second kappa shape index (κ2) is 8.04. The molecular formula is C19H21BrFN5O. The van der Waals surface area contributed by atoms with Crippen molar-refractivity contribution in [3.63, 3.8) is 0 Å². The van der Waals surface area contributed by atoms with Gasteiger partial charge in [-0.2, -0.15) is 10.2 Å². The maximum atomic E-state index is 13.1. The van der Waals surface area contributed by atoms with E-state index in [9.17, 15) is 9.18 Å². The van der Waals surface area contributed by atoms with Gasteiger partial charge < -0.3 is 5.32 Å². The van der Waals surface area contributed by atoms with Crippen molar-refractivity contribution in [3.05, 3.63) is 63.9 Å². The molecular weight excluding hydrogens is 413 g/mol. The number of halogens is 2. The number of nitrogens with one attached hydrogen (secondary N) is 1. The largest absolute Gasteiger partial charge is 0.350 e. The number of benzene rings is 1. The highest BCUT2D eigenvalue weighted by Crippen LogP contribution is 2.18. The molecule has 3 rings (SSSR count). The second-order valence-electron chi connectivity index (χ2n) is 6.67. The lowest BCUT2D eigenvalue weighted by atomic mass is 10.2. The molecule has 8 heteroatoms. The highest BCUT2D eigenvalue weighted by Gasteiger charge is 2.17. The molecule has 0 saturated carbocycles.